The zero-order chi connectivity index (χ0) is 11.3. The molecule has 1 rings (SSSR count). The normalized spacial score (nSPS) is 14.3. The maximum atomic E-state index is 11.0. The molecule has 0 amide bonds. The first kappa shape index (κ1) is 11.7. The lowest BCUT2D eigenvalue weighted by Crippen LogP contribution is -2.43. The molecule has 0 aliphatic rings. The molecule has 0 spiro atoms. The number of rotatable bonds is 4. The smallest absolute Gasteiger partial charge is 0.325 e. The highest BCUT2D eigenvalue weighted by Gasteiger charge is 2.23. The van der Waals surface area contributed by atoms with Crippen LogP contribution in [0.25, 0.3) is 0 Å². The molecule has 0 aliphatic carbocycles. The van der Waals surface area contributed by atoms with Crippen molar-refractivity contribution < 1.29 is 14.6 Å². The van der Waals surface area contributed by atoms with Crippen molar-refractivity contribution in [1.29, 1.82) is 0 Å². The fraction of sp³-hybridized carbons (Fsp3) is 0.364. The van der Waals surface area contributed by atoms with Gasteiger partial charge in [-0.15, -0.1) is 0 Å². The van der Waals surface area contributed by atoms with Crippen molar-refractivity contribution in [3.05, 3.63) is 35.9 Å². The molecule has 0 aromatic heterocycles. The first-order valence-electron chi connectivity index (χ1n) is 4.70. The van der Waals surface area contributed by atoms with Crippen LogP contribution >= 0.6 is 0 Å². The minimum atomic E-state index is -0.991. The Kier molecular flexibility index (Phi) is 4.27. The van der Waals surface area contributed by atoms with Crippen LogP contribution in [0.15, 0.2) is 30.3 Å². The van der Waals surface area contributed by atoms with Gasteiger partial charge in [-0.2, -0.15) is 0 Å². The fourth-order valence-corrected chi connectivity index (χ4v) is 1.28. The Labute approximate surface area is 88.7 Å². The van der Waals surface area contributed by atoms with Gasteiger partial charge in [-0.25, -0.2) is 0 Å². The zero-order valence-electron chi connectivity index (χ0n) is 8.59. The molecule has 0 fully saturated rings. The van der Waals surface area contributed by atoms with Gasteiger partial charge in [0.15, 0.2) is 0 Å². The molecule has 0 saturated heterocycles. The topological polar surface area (TPSA) is 72.5 Å². The summed E-state index contributed by atoms with van der Waals surface area (Å²) >= 11 is 0. The minimum absolute atomic E-state index is 0.344. The van der Waals surface area contributed by atoms with E-state index >= 15 is 0 Å². The lowest BCUT2D eigenvalue weighted by Gasteiger charge is -2.16. The monoisotopic (exact) mass is 209 g/mol. The number of esters is 1. The summed E-state index contributed by atoms with van der Waals surface area (Å²) in [5, 5.41) is 9.65. The van der Waals surface area contributed by atoms with Crippen LogP contribution in [0.5, 0.6) is 0 Å². The molecular formula is C11H15NO3. The van der Waals surface area contributed by atoms with E-state index in [1.165, 1.54) is 7.11 Å². The van der Waals surface area contributed by atoms with Crippen LogP contribution in [0.2, 0.25) is 0 Å². The van der Waals surface area contributed by atoms with Gasteiger partial charge in [-0.05, 0) is 5.56 Å². The standard InChI is InChI=1S/C11H15NO3/c1-15-11(14)10(12)9(13)7-8-5-3-2-4-6-8/h2-6,9-10,13H,7,12H2,1H3/t9-,10+/m0/s1. The van der Waals surface area contributed by atoms with Gasteiger partial charge in [-0.3, -0.25) is 4.79 Å². The molecule has 15 heavy (non-hydrogen) atoms. The van der Waals surface area contributed by atoms with E-state index in [1.807, 2.05) is 30.3 Å². The molecule has 1 aromatic carbocycles. The Morgan fingerprint density at radius 1 is 1.47 bits per heavy atom. The molecule has 0 heterocycles. The van der Waals surface area contributed by atoms with Crippen LogP contribution in [0.3, 0.4) is 0 Å². The summed E-state index contributed by atoms with van der Waals surface area (Å²) in [5.74, 6) is -0.599. The van der Waals surface area contributed by atoms with E-state index in [1.54, 1.807) is 0 Å². The lowest BCUT2D eigenvalue weighted by atomic mass is 10.0. The minimum Gasteiger partial charge on any atom is -0.468 e. The van der Waals surface area contributed by atoms with Gasteiger partial charge in [0.1, 0.15) is 6.04 Å². The third-order valence-electron chi connectivity index (χ3n) is 2.18. The number of ether oxygens (including phenoxy) is 1. The average Bonchev–Trinajstić information content (AvgIpc) is 2.28. The average molecular weight is 209 g/mol. The largest absolute Gasteiger partial charge is 0.468 e. The second-order valence-corrected chi connectivity index (χ2v) is 3.31. The van der Waals surface area contributed by atoms with E-state index in [0.717, 1.165) is 5.56 Å². The predicted molar refractivity (Wildman–Crippen MR) is 56.1 cm³/mol. The molecule has 0 radical (unpaired) electrons. The molecule has 3 N–H and O–H groups in total. The highest BCUT2D eigenvalue weighted by Crippen LogP contribution is 2.05. The van der Waals surface area contributed by atoms with Crippen molar-refractivity contribution >= 4 is 5.97 Å². The van der Waals surface area contributed by atoms with E-state index in [0.29, 0.717) is 6.42 Å². The molecule has 0 saturated carbocycles. The SMILES string of the molecule is COC(=O)[C@H](N)[C@@H](O)Cc1ccccc1. The molecule has 0 aliphatic heterocycles. The Hall–Kier alpha value is -1.39. The first-order valence-corrected chi connectivity index (χ1v) is 4.70. The molecule has 82 valence electrons. The van der Waals surface area contributed by atoms with Gasteiger partial charge >= 0.3 is 5.97 Å². The number of aliphatic hydroxyl groups is 1. The summed E-state index contributed by atoms with van der Waals surface area (Å²) in [6.45, 7) is 0. The molecule has 0 unspecified atom stereocenters. The van der Waals surface area contributed by atoms with E-state index in [9.17, 15) is 9.90 Å². The summed E-state index contributed by atoms with van der Waals surface area (Å²) in [6.07, 6.45) is -0.572. The third-order valence-corrected chi connectivity index (χ3v) is 2.18. The number of benzene rings is 1. The lowest BCUT2D eigenvalue weighted by molar-refractivity contribution is -0.144. The maximum absolute atomic E-state index is 11.0. The summed E-state index contributed by atoms with van der Waals surface area (Å²) in [7, 11) is 1.25. The van der Waals surface area contributed by atoms with Crippen LogP contribution in [0.1, 0.15) is 5.56 Å². The van der Waals surface area contributed by atoms with Crippen molar-refractivity contribution in [2.75, 3.05) is 7.11 Å². The first-order chi connectivity index (χ1) is 7.15. The number of carbonyl (C=O) groups excluding carboxylic acids is 1. The van der Waals surface area contributed by atoms with Crippen LogP contribution in [-0.4, -0.2) is 30.3 Å². The summed E-state index contributed by atoms with van der Waals surface area (Å²) in [6, 6.07) is 8.36. The van der Waals surface area contributed by atoms with Gasteiger partial charge in [0.2, 0.25) is 0 Å². The Morgan fingerprint density at radius 2 is 2.07 bits per heavy atom. The molecule has 4 nitrogen and oxygen atoms in total. The van der Waals surface area contributed by atoms with Crippen molar-refractivity contribution in [2.24, 2.45) is 5.73 Å². The van der Waals surface area contributed by atoms with Gasteiger partial charge in [0.25, 0.3) is 0 Å². The quantitative estimate of drug-likeness (QED) is 0.689. The number of nitrogens with two attached hydrogens (primary N) is 1. The second kappa shape index (κ2) is 5.48. The van der Waals surface area contributed by atoms with E-state index in [2.05, 4.69) is 4.74 Å². The summed E-state index contributed by atoms with van der Waals surface area (Å²) < 4.78 is 4.45. The predicted octanol–water partition coefficient (Wildman–Crippen LogP) is 0.0903. The van der Waals surface area contributed by atoms with Gasteiger partial charge < -0.3 is 15.6 Å². The van der Waals surface area contributed by atoms with Gasteiger partial charge in [0, 0.05) is 6.42 Å². The van der Waals surface area contributed by atoms with Crippen molar-refractivity contribution in [3.63, 3.8) is 0 Å². The second-order valence-electron chi connectivity index (χ2n) is 3.31. The molecular weight excluding hydrogens is 194 g/mol. The number of hydrogen-bond donors (Lipinski definition) is 2. The molecule has 1 aromatic rings. The Balaban J connectivity index is 2.56. The van der Waals surface area contributed by atoms with Crippen molar-refractivity contribution in [2.45, 2.75) is 18.6 Å². The Morgan fingerprint density at radius 3 is 2.60 bits per heavy atom. The number of carbonyl (C=O) groups is 1. The molecule has 0 bridgehead atoms. The molecule has 2 atom stereocenters. The van der Waals surface area contributed by atoms with Crippen molar-refractivity contribution in [3.8, 4) is 0 Å². The number of aliphatic hydroxyl groups excluding tert-OH is 1. The molecule has 4 heteroatoms. The van der Waals surface area contributed by atoms with E-state index in [4.69, 9.17) is 5.73 Å². The van der Waals surface area contributed by atoms with Crippen molar-refractivity contribution in [1.82, 2.24) is 0 Å². The van der Waals surface area contributed by atoms with Crippen LogP contribution < -0.4 is 5.73 Å². The summed E-state index contributed by atoms with van der Waals surface area (Å²) in [5.41, 5.74) is 6.43. The number of hydrogen-bond acceptors (Lipinski definition) is 4. The maximum Gasteiger partial charge on any atom is 0.325 e. The Bertz CT molecular complexity index is 313. The van der Waals surface area contributed by atoms with Crippen LogP contribution in [-0.2, 0) is 16.0 Å². The van der Waals surface area contributed by atoms with E-state index < -0.39 is 18.1 Å². The van der Waals surface area contributed by atoms with E-state index in [-0.39, 0.29) is 0 Å². The van der Waals surface area contributed by atoms with Crippen LogP contribution in [0, 0.1) is 0 Å². The third kappa shape index (κ3) is 3.34. The zero-order valence-corrected chi connectivity index (χ0v) is 8.59. The summed E-state index contributed by atoms with van der Waals surface area (Å²) in [4.78, 5) is 11.0. The highest BCUT2D eigenvalue weighted by atomic mass is 16.5. The van der Waals surface area contributed by atoms with Crippen LogP contribution in [0.4, 0.5) is 0 Å². The fourth-order valence-electron chi connectivity index (χ4n) is 1.28. The van der Waals surface area contributed by atoms with Gasteiger partial charge in [-0.1, -0.05) is 30.3 Å². The highest BCUT2D eigenvalue weighted by molar-refractivity contribution is 5.76. The number of methoxy groups -OCH3 is 1. The van der Waals surface area contributed by atoms with Gasteiger partial charge in [0.05, 0.1) is 13.2 Å².